The van der Waals surface area contributed by atoms with Gasteiger partial charge in [-0.25, -0.2) is 0 Å². The highest BCUT2D eigenvalue weighted by Crippen LogP contribution is 2.46. The van der Waals surface area contributed by atoms with Gasteiger partial charge in [-0.15, -0.1) is 0 Å². The van der Waals surface area contributed by atoms with Gasteiger partial charge in [0.2, 0.25) is 0 Å². The molecule has 0 saturated carbocycles. The highest BCUT2D eigenvalue weighted by molar-refractivity contribution is 6.03. The van der Waals surface area contributed by atoms with Gasteiger partial charge < -0.3 is 4.74 Å². The Labute approximate surface area is 146 Å². The Morgan fingerprint density at radius 1 is 0.760 bits per heavy atom. The van der Waals surface area contributed by atoms with Crippen molar-refractivity contribution in [1.29, 1.82) is 0 Å². The van der Waals surface area contributed by atoms with Crippen molar-refractivity contribution in [3.05, 3.63) is 95.6 Å². The molecule has 0 spiro atoms. The highest BCUT2D eigenvalue weighted by Gasteiger charge is 2.43. The minimum absolute atomic E-state index is 0.0307. The van der Waals surface area contributed by atoms with Crippen molar-refractivity contribution in [2.75, 3.05) is 6.61 Å². The van der Waals surface area contributed by atoms with Gasteiger partial charge in [0.1, 0.15) is 0 Å². The van der Waals surface area contributed by atoms with Gasteiger partial charge in [-0.3, -0.25) is 9.69 Å². The van der Waals surface area contributed by atoms with Gasteiger partial charge in [-0.1, -0.05) is 72.8 Å². The maximum atomic E-state index is 13.4. The zero-order valence-electron chi connectivity index (χ0n) is 13.6. The summed E-state index contributed by atoms with van der Waals surface area (Å²) in [5.41, 5.74) is 4.96. The number of ether oxygens (including phenoxy) is 1. The number of benzene rings is 3. The van der Waals surface area contributed by atoms with Crippen molar-refractivity contribution in [2.45, 2.75) is 12.3 Å². The van der Waals surface area contributed by atoms with E-state index in [0.717, 1.165) is 27.8 Å². The van der Waals surface area contributed by atoms with E-state index in [1.807, 2.05) is 59.5 Å². The van der Waals surface area contributed by atoms with E-state index in [-0.39, 0.29) is 18.2 Å². The number of fused-ring (bicyclic) bond motifs is 5. The third kappa shape index (κ3) is 2.13. The van der Waals surface area contributed by atoms with Crippen LogP contribution in [0.15, 0.2) is 78.9 Å². The summed E-state index contributed by atoms with van der Waals surface area (Å²) in [7, 11) is 0. The van der Waals surface area contributed by atoms with Crippen LogP contribution in [0.5, 0.6) is 0 Å². The first-order valence-corrected chi connectivity index (χ1v) is 8.52. The van der Waals surface area contributed by atoms with Crippen LogP contribution in [0.4, 0.5) is 0 Å². The Balaban J connectivity index is 1.73. The Hall–Kier alpha value is -2.91. The standard InChI is InChI=1S/C22H17NO2/c24-21-18-12-6-4-10-16(18)17-11-5-7-13-19(17)22-23(21)20(14-25-22)15-8-2-1-3-9-15/h1-13,20,22H,14H2/t20-,22+/m1/s1. The van der Waals surface area contributed by atoms with Crippen LogP contribution < -0.4 is 0 Å². The van der Waals surface area contributed by atoms with Gasteiger partial charge in [0, 0.05) is 11.1 Å². The molecule has 3 aromatic carbocycles. The first-order chi connectivity index (χ1) is 12.3. The smallest absolute Gasteiger partial charge is 0.257 e. The molecule has 0 N–H and O–H groups in total. The van der Waals surface area contributed by atoms with E-state index in [2.05, 4.69) is 24.3 Å². The monoisotopic (exact) mass is 327 g/mol. The summed E-state index contributed by atoms with van der Waals surface area (Å²) in [5, 5.41) is 0. The van der Waals surface area contributed by atoms with Crippen LogP contribution in [0.2, 0.25) is 0 Å². The number of nitrogens with zero attached hydrogens (tertiary/aromatic N) is 1. The first kappa shape index (κ1) is 14.4. The molecule has 5 rings (SSSR count). The van der Waals surface area contributed by atoms with Crippen molar-refractivity contribution >= 4 is 5.91 Å². The summed E-state index contributed by atoms with van der Waals surface area (Å²) in [5.74, 6) is 0.0307. The molecule has 2 atom stereocenters. The number of hydrogen-bond acceptors (Lipinski definition) is 2. The Bertz CT molecular complexity index is 951. The predicted octanol–water partition coefficient (Wildman–Crippen LogP) is 4.58. The molecule has 0 aliphatic carbocycles. The van der Waals surface area contributed by atoms with Crippen LogP contribution in [0, 0.1) is 0 Å². The van der Waals surface area contributed by atoms with Gasteiger partial charge in [0.15, 0.2) is 6.23 Å². The molecule has 3 aromatic rings. The largest absolute Gasteiger partial charge is 0.351 e. The molecule has 0 bridgehead atoms. The molecule has 2 aliphatic rings. The lowest BCUT2D eigenvalue weighted by atomic mass is 9.96. The third-order valence-electron chi connectivity index (χ3n) is 5.09. The molecule has 1 fully saturated rings. The van der Waals surface area contributed by atoms with Crippen LogP contribution in [-0.2, 0) is 4.74 Å². The SMILES string of the molecule is O=C1c2ccccc2-c2ccccc2[C@@H]2OC[C@H](c3ccccc3)N12. The summed E-state index contributed by atoms with van der Waals surface area (Å²) < 4.78 is 6.14. The molecule has 2 aliphatic heterocycles. The maximum absolute atomic E-state index is 13.4. The summed E-state index contributed by atoms with van der Waals surface area (Å²) >= 11 is 0. The number of carbonyl (C=O) groups excluding carboxylic acids is 1. The fourth-order valence-electron chi connectivity index (χ4n) is 3.93. The first-order valence-electron chi connectivity index (χ1n) is 8.52. The van der Waals surface area contributed by atoms with Crippen molar-refractivity contribution in [1.82, 2.24) is 4.90 Å². The van der Waals surface area contributed by atoms with E-state index in [9.17, 15) is 4.79 Å². The van der Waals surface area contributed by atoms with Crippen LogP contribution in [0.3, 0.4) is 0 Å². The van der Waals surface area contributed by atoms with Crippen molar-refractivity contribution < 1.29 is 9.53 Å². The molecular formula is C22H17NO2. The molecule has 1 saturated heterocycles. The van der Waals surface area contributed by atoms with E-state index >= 15 is 0 Å². The third-order valence-corrected chi connectivity index (χ3v) is 5.09. The molecule has 3 heteroatoms. The quantitative estimate of drug-likeness (QED) is 0.655. The van der Waals surface area contributed by atoms with Gasteiger partial charge in [-0.05, 0) is 22.8 Å². The zero-order chi connectivity index (χ0) is 16.8. The van der Waals surface area contributed by atoms with Gasteiger partial charge in [0.05, 0.1) is 12.6 Å². The van der Waals surface area contributed by atoms with Crippen molar-refractivity contribution in [3.8, 4) is 11.1 Å². The van der Waals surface area contributed by atoms with Crippen LogP contribution >= 0.6 is 0 Å². The summed E-state index contributed by atoms with van der Waals surface area (Å²) in [6.45, 7) is 0.511. The van der Waals surface area contributed by atoms with Crippen LogP contribution in [0.25, 0.3) is 11.1 Å². The van der Waals surface area contributed by atoms with Crippen LogP contribution in [0.1, 0.15) is 33.8 Å². The topological polar surface area (TPSA) is 29.5 Å². The average molecular weight is 327 g/mol. The van der Waals surface area contributed by atoms with E-state index in [4.69, 9.17) is 4.74 Å². The second-order valence-corrected chi connectivity index (χ2v) is 6.46. The highest BCUT2D eigenvalue weighted by atomic mass is 16.5. The fraction of sp³-hybridized carbons (Fsp3) is 0.136. The number of carbonyl (C=O) groups is 1. The number of hydrogen-bond donors (Lipinski definition) is 0. The molecule has 25 heavy (non-hydrogen) atoms. The molecule has 0 unspecified atom stereocenters. The number of rotatable bonds is 1. The van der Waals surface area contributed by atoms with Crippen LogP contribution in [-0.4, -0.2) is 17.4 Å². The molecule has 122 valence electrons. The molecule has 1 amide bonds. The second-order valence-electron chi connectivity index (χ2n) is 6.46. The lowest BCUT2D eigenvalue weighted by Gasteiger charge is -2.27. The lowest BCUT2D eigenvalue weighted by molar-refractivity contribution is 0.0255. The van der Waals surface area contributed by atoms with Gasteiger partial charge >= 0.3 is 0 Å². The predicted molar refractivity (Wildman–Crippen MR) is 95.9 cm³/mol. The van der Waals surface area contributed by atoms with E-state index in [1.54, 1.807) is 0 Å². The number of amides is 1. The van der Waals surface area contributed by atoms with E-state index in [1.165, 1.54) is 0 Å². The average Bonchev–Trinajstić information content (AvgIpc) is 3.09. The molecule has 3 nitrogen and oxygen atoms in total. The minimum Gasteiger partial charge on any atom is -0.351 e. The maximum Gasteiger partial charge on any atom is 0.257 e. The Morgan fingerprint density at radius 3 is 2.20 bits per heavy atom. The van der Waals surface area contributed by atoms with Gasteiger partial charge in [-0.2, -0.15) is 0 Å². The Kier molecular flexibility index (Phi) is 3.22. The minimum atomic E-state index is -0.346. The second kappa shape index (κ2) is 5.57. The fourth-order valence-corrected chi connectivity index (χ4v) is 3.93. The van der Waals surface area contributed by atoms with E-state index in [0.29, 0.717) is 6.61 Å². The Morgan fingerprint density at radius 2 is 1.40 bits per heavy atom. The summed E-state index contributed by atoms with van der Waals surface area (Å²) in [6.07, 6.45) is -0.346. The molecule has 0 radical (unpaired) electrons. The lowest BCUT2D eigenvalue weighted by Crippen LogP contribution is -2.32. The normalized spacial score (nSPS) is 21.3. The summed E-state index contributed by atoms with van der Waals surface area (Å²) in [6, 6.07) is 26.1. The molecular weight excluding hydrogens is 310 g/mol. The zero-order valence-corrected chi connectivity index (χ0v) is 13.6. The van der Waals surface area contributed by atoms with Gasteiger partial charge in [0.25, 0.3) is 5.91 Å². The van der Waals surface area contributed by atoms with Crippen molar-refractivity contribution in [3.63, 3.8) is 0 Å². The molecule has 2 heterocycles. The van der Waals surface area contributed by atoms with E-state index < -0.39 is 0 Å². The van der Waals surface area contributed by atoms with Crippen molar-refractivity contribution in [2.24, 2.45) is 0 Å². The summed E-state index contributed by atoms with van der Waals surface area (Å²) in [4.78, 5) is 15.3. The molecule has 0 aromatic heterocycles.